The number of methoxy groups -OCH3 is 1. The predicted octanol–water partition coefficient (Wildman–Crippen LogP) is 3.98. The van der Waals surface area contributed by atoms with Crippen LogP contribution in [0.25, 0.3) is 10.9 Å². The summed E-state index contributed by atoms with van der Waals surface area (Å²) in [5.41, 5.74) is 2.53. The van der Waals surface area contributed by atoms with Crippen molar-refractivity contribution in [2.45, 2.75) is 25.7 Å². The number of amides is 1. The van der Waals surface area contributed by atoms with Crippen LogP contribution < -0.4 is 0 Å². The molecule has 33 heavy (non-hydrogen) atoms. The lowest BCUT2D eigenvalue weighted by Crippen LogP contribution is -2.34. The predicted molar refractivity (Wildman–Crippen MR) is 115 cm³/mol. The van der Waals surface area contributed by atoms with Gasteiger partial charge in [-0.3, -0.25) is 4.79 Å². The van der Waals surface area contributed by atoms with Gasteiger partial charge in [0.1, 0.15) is 5.69 Å². The summed E-state index contributed by atoms with van der Waals surface area (Å²) in [7, 11) is 1.72. The highest BCUT2D eigenvalue weighted by molar-refractivity contribution is 5.94. The third kappa shape index (κ3) is 6.32. The molecule has 3 aromatic rings. The third-order valence-corrected chi connectivity index (χ3v) is 5.29. The first kappa shape index (κ1) is 24.2. The van der Waals surface area contributed by atoms with Gasteiger partial charge in [-0.15, -0.1) is 0 Å². The van der Waals surface area contributed by atoms with Crippen LogP contribution in [0, 0.1) is 5.92 Å². The second-order valence-electron chi connectivity index (χ2n) is 7.68. The number of pyridine rings is 1. The van der Waals surface area contributed by atoms with E-state index in [1.165, 1.54) is 5.69 Å². The minimum atomic E-state index is -5.08. The summed E-state index contributed by atoms with van der Waals surface area (Å²) in [4.78, 5) is 28.6. The molecule has 10 heteroatoms. The number of carboxylic acids is 1. The summed E-state index contributed by atoms with van der Waals surface area (Å²) in [5.74, 6) is -2.40. The van der Waals surface area contributed by atoms with Crippen molar-refractivity contribution < 1.29 is 32.6 Å². The van der Waals surface area contributed by atoms with Gasteiger partial charge in [-0.25, -0.2) is 9.78 Å². The van der Waals surface area contributed by atoms with Crippen LogP contribution in [0.5, 0.6) is 0 Å². The number of alkyl halides is 3. The van der Waals surface area contributed by atoms with Gasteiger partial charge in [0, 0.05) is 44.1 Å². The number of ether oxygens (including phenoxy) is 1. The molecule has 0 radical (unpaired) electrons. The maximum atomic E-state index is 13.2. The lowest BCUT2D eigenvalue weighted by atomic mass is 10.1. The number of carboxylic acid groups (broad SMARTS) is 1. The number of para-hydroxylation sites is 1. The van der Waals surface area contributed by atoms with Crippen LogP contribution in [-0.4, -0.2) is 57.9 Å². The number of benzene rings is 1. The molecule has 2 aromatic heterocycles. The molecule has 1 aromatic carbocycles. The van der Waals surface area contributed by atoms with Crippen LogP contribution in [-0.2, 0) is 22.6 Å². The number of hydrogen-bond acceptors (Lipinski definition) is 4. The molecule has 0 saturated carbocycles. The molecular weight excluding hydrogens is 439 g/mol. The Morgan fingerprint density at radius 3 is 2.55 bits per heavy atom. The van der Waals surface area contributed by atoms with E-state index in [0.717, 1.165) is 30.4 Å². The van der Waals surface area contributed by atoms with Gasteiger partial charge in [-0.1, -0.05) is 24.3 Å². The average molecular weight is 463 g/mol. The molecule has 1 amide bonds. The number of hydrogen-bond donors (Lipinski definition) is 1. The van der Waals surface area contributed by atoms with E-state index >= 15 is 0 Å². The molecule has 0 saturated heterocycles. The summed E-state index contributed by atoms with van der Waals surface area (Å²) in [6.07, 6.45) is -2.06. The summed E-state index contributed by atoms with van der Waals surface area (Å²) < 4.78 is 39.2. The molecule has 1 aliphatic heterocycles. The van der Waals surface area contributed by atoms with E-state index in [-0.39, 0.29) is 5.91 Å². The van der Waals surface area contributed by atoms with Crippen LogP contribution in [0.15, 0.2) is 54.7 Å². The second-order valence-corrected chi connectivity index (χ2v) is 7.68. The lowest BCUT2D eigenvalue weighted by molar-refractivity contribution is -0.192. The molecule has 0 aliphatic carbocycles. The van der Waals surface area contributed by atoms with Gasteiger partial charge in [0.05, 0.1) is 12.1 Å². The van der Waals surface area contributed by atoms with E-state index in [2.05, 4.69) is 21.8 Å². The third-order valence-electron chi connectivity index (χ3n) is 5.29. The minimum absolute atomic E-state index is 0.00665. The number of carbonyl (C=O) groups excluding carboxylic acids is 1. The molecule has 7 nitrogen and oxygen atoms in total. The summed E-state index contributed by atoms with van der Waals surface area (Å²) >= 11 is 0. The van der Waals surface area contributed by atoms with Gasteiger partial charge >= 0.3 is 12.1 Å². The SMILES string of the molecule is COCCC1CN(C(=O)c2ccc3ccccc3n2)Cc2cccn2C1.O=C(O)C(F)(F)F. The number of carbonyl (C=O) groups is 2. The molecule has 0 bridgehead atoms. The number of nitrogens with zero attached hydrogens (tertiary/aromatic N) is 3. The zero-order valence-corrected chi connectivity index (χ0v) is 18.0. The summed E-state index contributed by atoms with van der Waals surface area (Å²) in [5, 5.41) is 8.17. The van der Waals surface area contributed by atoms with Crippen LogP contribution >= 0.6 is 0 Å². The Morgan fingerprint density at radius 1 is 1.12 bits per heavy atom. The van der Waals surface area contributed by atoms with Gasteiger partial charge in [-0.2, -0.15) is 13.2 Å². The van der Waals surface area contributed by atoms with Crippen LogP contribution in [0.3, 0.4) is 0 Å². The number of aliphatic carboxylic acids is 1. The van der Waals surface area contributed by atoms with Crippen molar-refractivity contribution in [2.24, 2.45) is 5.92 Å². The van der Waals surface area contributed by atoms with Crippen molar-refractivity contribution in [3.05, 3.63) is 66.1 Å². The van der Waals surface area contributed by atoms with Gasteiger partial charge in [0.25, 0.3) is 5.91 Å². The topological polar surface area (TPSA) is 84.7 Å². The number of rotatable bonds is 4. The van der Waals surface area contributed by atoms with E-state index in [4.69, 9.17) is 14.6 Å². The molecule has 3 heterocycles. The monoisotopic (exact) mass is 463 g/mol. The van der Waals surface area contributed by atoms with Gasteiger partial charge in [0.15, 0.2) is 0 Å². The van der Waals surface area contributed by atoms with Crippen molar-refractivity contribution in [2.75, 3.05) is 20.3 Å². The average Bonchev–Trinajstić information content (AvgIpc) is 3.14. The van der Waals surface area contributed by atoms with E-state index in [0.29, 0.717) is 24.8 Å². The molecule has 1 atom stereocenters. The standard InChI is InChI=1S/C21H23N3O2.C2HF3O2/c1-26-12-10-16-13-23-11-4-6-18(23)15-24(14-16)21(25)20-9-8-17-5-2-3-7-19(17)22-20;3-2(4,5)1(6)7/h2-9,11,16H,10,12-15H2,1H3;(H,6,7). The van der Waals surface area contributed by atoms with Crippen LogP contribution in [0.2, 0.25) is 0 Å². The first-order valence-electron chi connectivity index (χ1n) is 10.3. The fraction of sp³-hybridized carbons (Fsp3) is 0.348. The normalized spacial score (nSPS) is 15.9. The molecule has 0 spiro atoms. The van der Waals surface area contributed by atoms with Crippen LogP contribution in [0.1, 0.15) is 22.6 Å². The highest BCUT2D eigenvalue weighted by atomic mass is 19.4. The van der Waals surface area contributed by atoms with Crippen LogP contribution in [0.4, 0.5) is 13.2 Å². The van der Waals surface area contributed by atoms with Crippen molar-refractivity contribution >= 4 is 22.8 Å². The Kier molecular flexibility index (Phi) is 7.70. The van der Waals surface area contributed by atoms with Gasteiger partial charge in [-0.05, 0) is 36.6 Å². The maximum Gasteiger partial charge on any atom is 0.490 e. The van der Waals surface area contributed by atoms with Crippen molar-refractivity contribution in [3.8, 4) is 0 Å². The number of halogens is 3. The Hall–Kier alpha value is -3.40. The molecule has 0 fully saturated rings. The molecular formula is C23H24F3N3O4. The quantitative estimate of drug-likeness (QED) is 0.633. The zero-order valence-electron chi connectivity index (χ0n) is 18.0. The fourth-order valence-corrected chi connectivity index (χ4v) is 3.65. The van der Waals surface area contributed by atoms with Crippen molar-refractivity contribution in [3.63, 3.8) is 0 Å². The van der Waals surface area contributed by atoms with E-state index < -0.39 is 12.1 Å². The van der Waals surface area contributed by atoms with Gasteiger partial charge in [0.2, 0.25) is 0 Å². The Labute approximate surface area is 188 Å². The first-order chi connectivity index (χ1) is 15.7. The molecule has 1 N–H and O–H groups in total. The second kappa shape index (κ2) is 10.5. The van der Waals surface area contributed by atoms with E-state index in [1.54, 1.807) is 7.11 Å². The van der Waals surface area contributed by atoms with Crippen molar-refractivity contribution in [1.29, 1.82) is 0 Å². The van der Waals surface area contributed by atoms with Gasteiger partial charge < -0.3 is 19.3 Å². The maximum absolute atomic E-state index is 13.2. The number of aromatic nitrogens is 2. The Bertz CT molecular complexity index is 1110. The number of fused-ring (bicyclic) bond motifs is 2. The highest BCUT2D eigenvalue weighted by Crippen LogP contribution is 2.22. The fourth-order valence-electron chi connectivity index (χ4n) is 3.65. The zero-order chi connectivity index (χ0) is 24.0. The Balaban J connectivity index is 0.000000383. The minimum Gasteiger partial charge on any atom is -0.475 e. The summed E-state index contributed by atoms with van der Waals surface area (Å²) in [6, 6.07) is 15.8. The van der Waals surface area contributed by atoms with E-state index in [1.807, 2.05) is 47.4 Å². The Morgan fingerprint density at radius 2 is 1.85 bits per heavy atom. The molecule has 4 rings (SSSR count). The molecule has 176 valence electrons. The molecule has 1 unspecified atom stereocenters. The summed E-state index contributed by atoms with van der Waals surface area (Å²) in [6.45, 7) is 2.96. The smallest absolute Gasteiger partial charge is 0.475 e. The highest BCUT2D eigenvalue weighted by Gasteiger charge is 2.38. The molecule has 1 aliphatic rings. The largest absolute Gasteiger partial charge is 0.490 e. The first-order valence-corrected chi connectivity index (χ1v) is 10.3. The van der Waals surface area contributed by atoms with E-state index in [9.17, 15) is 18.0 Å². The van der Waals surface area contributed by atoms with Crippen molar-refractivity contribution in [1.82, 2.24) is 14.5 Å². The lowest BCUT2D eigenvalue weighted by Gasteiger charge is -2.24.